The van der Waals surface area contributed by atoms with E-state index >= 15 is 0 Å². The molecule has 12 heteroatoms. The number of ether oxygens (including phenoxy) is 4. The Morgan fingerprint density at radius 2 is 1.20 bits per heavy atom. The standard InChI is InChI=1S/C39H68N4O8/c1-7-16-40(12-6)23-35(44)27-48-31-39(32-49-28-36(45)24-41(17-8-2)18-9-3)33-50-29-37(46)25-42(19-10-4)21-14-13-15-22-43(20-11-5)26-38(47)30-51-34-39/h7-11,14-15,35-38,44-47H,1-5,12,16-34H2,6H3. The summed E-state index contributed by atoms with van der Waals surface area (Å²) < 4.78 is 24.5. The Balaban J connectivity index is 3.25. The highest BCUT2D eigenvalue weighted by Crippen LogP contribution is 2.22. The van der Waals surface area contributed by atoms with Crippen molar-refractivity contribution in [3.8, 4) is 0 Å². The number of likely N-dealkylation sites (N-methyl/N-ethyl adjacent to an activating group) is 1. The van der Waals surface area contributed by atoms with E-state index in [2.05, 4.69) is 43.5 Å². The van der Waals surface area contributed by atoms with Crippen molar-refractivity contribution >= 4 is 0 Å². The second-order valence-electron chi connectivity index (χ2n) is 13.2. The van der Waals surface area contributed by atoms with Gasteiger partial charge in [0.2, 0.25) is 0 Å². The van der Waals surface area contributed by atoms with E-state index in [1.165, 1.54) is 0 Å². The van der Waals surface area contributed by atoms with E-state index in [1.54, 1.807) is 30.4 Å². The van der Waals surface area contributed by atoms with Crippen LogP contribution in [0.2, 0.25) is 0 Å². The molecule has 0 saturated heterocycles. The number of hydrogen-bond donors (Lipinski definition) is 4. The summed E-state index contributed by atoms with van der Waals surface area (Å²) in [6.45, 7) is 28.1. The lowest BCUT2D eigenvalue weighted by atomic mass is 9.92. The average Bonchev–Trinajstić information content (AvgIpc) is 3.07. The Morgan fingerprint density at radius 3 is 1.61 bits per heavy atom. The van der Waals surface area contributed by atoms with Crippen molar-refractivity contribution in [3.05, 3.63) is 81.2 Å². The van der Waals surface area contributed by atoms with Crippen LogP contribution in [0.3, 0.4) is 0 Å². The maximum atomic E-state index is 10.9. The summed E-state index contributed by atoms with van der Waals surface area (Å²) in [5, 5.41) is 43.5. The predicted octanol–water partition coefficient (Wildman–Crippen LogP) is 1.37. The Morgan fingerprint density at radius 1 is 0.765 bits per heavy atom. The summed E-state index contributed by atoms with van der Waals surface area (Å²) in [5.41, 5.74) is 2.30. The third-order valence-electron chi connectivity index (χ3n) is 8.07. The summed E-state index contributed by atoms with van der Waals surface area (Å²) in [6, 6.07) is 0. The summed E-state index contributed by atoms with van der Waals surface area (Å²) in [4.78, 5) is 8.14. The maximum absolute atomic E-state index is 10.9. The summed E-state index contributed by atoms with van der Waals surface area (Å²) in [5.74, 6) is 0. The van der Waals surface area contributed by atoms with Crippen molar-refractivity contribution in [2.24, 2.45) is 5.41 Å². The molecule has 0 aromatic heterocycles. The van der Waals surface area contributed by atoms with Crippen LogP contribution in [0.4, 0.5) is 0 Å². The van der Waals surface area contributed by atoms with Gasteiger partial charge in [0, 0.05) is 72.0 Å². The number of hydrogen-bond acceptors (Lipinski definition) is 12. The van der Waals surface area contributed by atoms with Gasteiger partial charge in [0.1, 0.15) is 0 Å². The lowest BCUT2D eigenvalue weighted by Crippen LogP contribution is -2.45. The van der Waals surface area contributed by atoms with Crippen LogP contribution < -0.4 is 0 Å². The number of aliphatic hydroxyl groups is 4. The van der Waals surface area contributed by atoms with Crippen molar-refractivity contribution < 1.29 is 39.4 Å². The average molecular weight is 721 g/mol. The van der Waals surface area contributed by atoms with Gasteiger partial charge < -0.3 is 39.4 Å². The third kappa shape index (κ3) is 22.4. The topological polar surface area (TPSA) is 131 Å². The van der Waals surface area contributed by atoms with Gasteiger partial charge in [0.25, 0.3) is 0 Å². The minimum Gasteiger partial charge on any atom is -0.389 e. The van der Waals surface area contributed by atoms with Crippen LogP contribution in [-0.2, 0) is 18.9 Å². The minimum absolute atomic E-state index is 0.0431. The molecule has 0 spiro atoms. The molecule has 12 nitrogen and oxygen atoms in total. The zero-order chi connectivity index (χ0) is 37.7. The molecule has 4 unspecified atom stereocenters. The fraction of sp³-hybridized carbons (Fsp3) is 0.667. The molecular formula is C39H68N4O8. The molecule has 0 bridgehead atoms. The first-order valence-corrected chi connectivity index (χ1v) is 18.0. The molecule has 0 aromatic rings. The molecule has 0 amide bonds. The first-order chi connectivity index (χ1) is 24.6. The fourth-order valence-electron chi connectivity index (χ4n) is 5.66. The van der Waals surface area contributed by atoms with Gasteiger partial charge in [0.15, 0.2) is 0 Å². The van der Waals surface area contributed by atoms with Crippen molar-refractivity contribution in [2.75, 3.05) is 131 Å². The second-order valence-corrected chi connectivity index (χ2v) is 13.2. The van der Waals surface area contributed by atoms with Crippen LogP contribution in [0.5, 0.6) is 0 Å². The molecule has 0 aromatic carbocycles. The highest BCUT2D eigenvalue weighted by atomic mass is 16.5. The van der Waals surface area contributed by atoms with Crippen molar-refractivity contribution in [3.63, 3.8) is 0 Å². The molecule has 0 aliphatic carbocycles. The van der Waals surface area contributed by atoms with Gasteiger partial charge in [-0.05, 0) is 18.7 Å². The van der Waals surface area contributed by atoms with Crippen LogP contribution in [0.1, 0.15) is 6.92 Å². The first-order valence-electron chi connectivity index (χ1n) is 18.0. The van der Waals surface area contributed by atoms with E-state index in [0.29, 0.717) is 72.0 Å². The molecule has 0 saturated carbocycles. The molecule has 1 rings (SSSR count). The predicted molar refractivity (Wildman–Crippen MR) is 205 cm³/mol. The van der Waals surface area contributed by atoms with Crippen LogP contribution >= 0.6 is 0 Å². The SMILES string of the molecule is C=CCN(CC)CC(O)COCC1(COCC(O)CN(CC=C)CC=C)COCC(O)CN(CC=C)CC=C=CCN(CC=C)CC(O)COC1. The third-order valence-corrected chi connectivity index (χ3v) is 8.07. The second kappa shape index (κ2) is 29.2. The van der Waals surface area contributed by atoms with E-state index in [1.807, 2.05) is 33.8 Å². The summed E-state index contributed by atoms with van der Waals surface area (Å²) in [6.07, 6.45) is 9.61. The van der Waals surface area contributed by atoms with Gasteiger partial charge >= 0.3 is 0 Å². The van der Waals surface area contributed by atoms with E-state index in [9.17, 15) is 20.4 Å². The molecule has 4 N–H and O–H groups in total. The molecule has 1 aliphatic heterocycles. The summed E-state index contributed by atoms with van der Waals surface area (Å²) >= 11 is 0. The number of aliphatic hydroxyl groups excluding tert-OH is 4. The lowest BCUT2D eigenvalue weighted by Gasteiger charge is -2.35. The summed E-state index contributed by atoms with van der Waals surface area (Å²) in [7, 11) is 0. The Hall–Kier alpha value is -2.26. The van der Waals surface area contributed by atoms with Gasteiger partial charge in [-0.3, -0.25) is 19.6 Å². The zero-order valence-corrected chi connectivity index (χ0v) is 31.2. The molecule has 1 aliphatic rings. The normalized spacial score (nSPS) is 23.4. The first kappa shape index (κ1) is 46.8. The van der Waals surface area contributed by atoms with Gasteiger partial charge in [-0.15, -0.1) is 38.6 Å². The van der Waals surface area contributed by atoms with Gasteiger partial charge in [-0.25, -0.2) is 0 Å². The Kier molecular flexibility index (Phi) is 26.8. The largest absolute Gasteiger partial charge is 0.389 e. The quantitative estimate of drug-likeness (QED) is 0.0899. The number of nitrogens with zero attached hydrogens (tertiary/aromatic N) is 4. The lowest BCUT2D eigenvalue weighted by molar-refractivity contribution is -0.134. The zero-order valence-electron chi connectivity index (χ0n) is 31.2. The molecule has 0 radical (unpaired) electrons. The molecule has 51 heavy (non-hydrogen) atoms. The van der Waals surface area contributed by atoms with Crippen LogP contribution in [-0.4, -0.2) is 196 Å². The smallest absolute Gasteiger partial charge is 0.0900 e. The molecule has 292 valence electrons. The van der Waals surface area contributed by atoms with Crippen molar-refractivity contribution in [1.29, 1.82) is 0 Å². The van der Waals surface area contributed by atoms with Crippen LogP contribution in [0, 0.1) is 5.41 Å². The Labute approximate surface area is 307 Å². The molecule has 4 atom stereocenters. The van der Waals surface area contributed by atoms with Crippen LogP contribution in [0.15, 0.2) is 81.2 Å². The number of β-amino-alcohol motifs (C(OH)–C–C–N with tert-alkyl or cyclic N) is 2. The molecule has 1 heterocycles. The highest BCUT2D eigenvalue weighted by Gasteiger charge is 2.34. The van der Waals surface area contributed by atoms with Crippen LogP contribution in [0.25, 0.3) is 0 Å². The highest BCUT2D eigenvalue weighted by molar-refractivity contribution is 4.92. The maximum Gasteiger partial charge on any atom is 0.0900 e. The minimum atomic E-state index is -0.898. The molecule has 0 fully saturated rings. The monoisotopic (exact) mass is 721 g/mol. The van der Waals surface area contributed by atoms with E-state index < -0.39 is 29.8 Å². The van der Waals surface area contributed by atoms with Crippen molar-refractivity contribution in [1.82, 2.24) is 19.6 Å². The van der Waals surface area contributed by atoms with E-state index in [4.69, 9.17) is 18.9 Å². The number of rotatable bonds is 23. The molecular weight excluding hydrogens is 652 g/mol. The van der Waals surface area contributed by atoms with E-state index in [-0.39, 0.29) is 52.9 Å². The fourth-order valence-corrected chi connectivity index (χ4v) is 5.66. The van der Waals surface area contributed by atoms with E-state index in [0.717, 1.165) is 6.54 Å². The van der Waals surface area contributed by atoms with Gasteiger partial charge in [-0.1, -0.05) is 37.3 Å². The van der Waals surface area contributed by atoms with Gasteiger partial charge in [-0.2, -0.15) is 0 Å². The van der Waals surface area contributed by atoms with Gasteiger partial charge in [0.05, 0.1) is 82.7 Å². The van der Waals surface area contributed by atoms with Crippen molar-refractivity contribution in [2.45, 2.75) is 31.3 Å². The Bertz CT molecular complexity index is 975.